The zero-order valence-corrected chi connectivity index (χ0v) is 10.2. The molecule has 4 N–H and O–H groups in total. The van der Waals surface area contributed by atoms with Crippen LogP contribution in [0.1, 0.15) is 17.2 Å². The van der Waals surface area contributed by atoms with Gasteiger partial charge in [-0.05, 0) is 18.2 Å². The third kappa shape index (κ3) is 2.10. The number of aromatic amines is 1. The number of hydrogen-bond acceptors (Lipinski definition) is 5. The molecule has 0 aliphatic heterocycles. The van der Waals surface area contributed by atoms with Crippen LogP contribution in [-0.4, -0.2) is 29.5 Å². The second-order valence-corrected chi connectivity index (χ2v) is 3.75. The molecule has 0 fully saturated rings. The quantitative estimate of drug-likeness (QED) is 0.754. The van der Waals surface area contributed by atoms with E-state index in [0.717, 1.165) is 0 Å². The molecular formula is C12H15N3O3. The molecule has 0 saturated carbocycles. The van der Waals surface area contributed by atoms with Crippen LogP contribution in [0.15, 0.2) is 24.4 Å². The summed E-state index contributed by atoms with van der Waals surface area (Å²) in [6.07, 6.45) is 0.563. The van der Waals surface area contributed by atoms with E-state index in [0.29, 0.717) is 28.4 Å². The summed E-state index contributed by atoms with van der Waals surface area (Å²) in [5.74, 6) is 1.52. The van der Waals surface area contributed by atoms with E-state index in [-0.39, 0.29) is 0 Å². The highest BCUT2D eigenvalue weighted by Gasteiger charge is 2.19. The summed E-state index contributed by atoms with van der Waals surface area (Å²) in [5.41, 5.74) is 6.77. The summed E-state index contributed by atoms with van der Waals surface area (Å²) in [6.45, 7) is 0. The Bertz CT molecular complexity index is 539. The van der Waals surface area contributed by atoms with Gasteiger partial charge in [0.2, 0.25) is 0 Å². The number of anilines is 1. The van der Waals surface area contributed by atoms with Gasteiger partial charge in [0.05, 0.1) is 20.4 Å². The number of nitrogen functional groups attached to an aromatic ring is 1. The first kappa shape index (κ1) is 12.3. The largest absolute Gasteiger partial charge is 0.497 e. The minimum Gasteiger partial charge on any atom is -0.497 e. The first-order chi connectivity index (χ1) is 8.67. The normalized spacial score (nSPS) is 12.2. The highest BCUT2D eigenvalue weighted by Crippen LogP contribution is 2.34. The molecule has 6 nitrogen and oxygen atoms in total. The molecule has 1 unspecified atom stereocenters. The summed E-state index contributed by atoms with van der Waals surface area (Å²) in [5, 5.41) is 16.7. The van der Waals surface area contributed by atoms with E-state index in [4.69, 9.17) is 15.2 Å². The van der Waals surface area contributed by atoms with Gasteiger partial charge in [0.25, 0.3) is 0 Å². The molecule has 0 saturated heterocycles. The predicted octanol–water partition coefficient (Wildman–Crippen LogP) is 1.09. The second-order valence-electron chi connectivity index (χ2n) is 3.75. The maximum Gasteiger partial charge on any atom is 0.125 e. The number of aliphatic hydroxyl groups is 1. The Balaban J connectivity index is 2.45. The Morgan fingerprint density at radius 3 is 2.61 bits per heavy atom. The van der Waals surface area contributed by atoms with Crippen LogP contribution in [0.3, 0.4) is 0 Å². The average molecular weight is 249 g/mol. The standard InChI is InChI=1S/C12H15N3O3/c1-17-7-3-4-10(18-2)8(5-7)11(16)9-6-14-15-12(9)13/h3-6,11,16H,1-2H3,(H3,13,14,15). The SMILES string of the molecule is COc1ccc(OC)c(C(O)c2cn[nH]c2N)c1. The third-order valence-corrected chi connectivity index (χ3v) is 2.73. The number of hydrogen-bond donors (Lipinski definition) is 3. The number of aliphatic hydroxyl groups excluding tert-OH is 1. The molecule has 96 valence electrons. The van der Waals surface area contributed by atoms with Crippen molar-refractivity contribution < 1.29 is 14.6 Å². The van der Waals surface area contributed by atoms with Crippen molar-refractivity contribution in [3.05, 3.63) is 35.5 Å². The van der Waals surface area contributed by atoms with Crippen LogP contribution in [0.2, 0.25) is 0 Å². The lowest BCUT2D eigenvalue weighted by atomic mass is 10.0. The van der Waals surface area contributed by atoms with E-state index >= 15 is 0 Å². The van der Waals surface area contributed by atoms with E-state index in [2.05, 4.69) is 10.2 Å². The maximum atomic E-state index is 10.3. The van der Waals surface area contributed by atoms with E-state index in [1.165, 1.54) is 13.3 Å². The second kappa shape index (κ2) is 4.97. The molecule has 18 heavy (non-hydrogen) atoms. The number of methoxy groups -OCH3 is 2. The highest BCUT2D eigenvalue weighted by atomic mass is 16.5. The molecular weight excluding hydrogens is 234 g/mol. The van der Waals surface area contributed by atoms with E-state index < -0.39 is 6.10 Å². The molecule has 1 heterocycles. The Kier molecular flexibility index (Phi) is 3.38. The van der Waals surface area contributed by atoms with Crippen LogP contribution in [0.25, 0.3) is 0 Å². The van der Waals surface area contributed by atoms with Crippen LogP contribution in [0, 0.1) is 0 Å². The topological polar surface area (TPSA) is 93.4 Å². The third-order valence-electron chi connectivity index (χ3n) is 2.73. The van der Waals surface area contributed by atoms with Crippen LogP contribution in [-0.2, 0) is 0 Å². The summed E-state index contributed by atoms with van der Waals surface area (Å²) >= 11 is 0. The Labute approximate surface area is 104 Å². The van der Waals surface area contributed by atoms with Crippen LogP contribution in [0.5, 0.6) is 11.5 Å². The van der Waals surface area contributed by atoms with Gasteiger partial charge in [-0.15, -0.1) is 0 Å². The van der Waals surface area contributed by atoms with Crippen molar-refractivity contribution in [3.8, 4) is 11.5 Å². The summed E-state index contributed by atoms with van der Waals surface area (Å²) in [7, 11) is 3.10. The summed E-state index contributed by atoms with van der Waals surface area (Å²) in [6, 6.07) is 5.19. The molecule has 0 bridgehead atoms. The van der Waals surface area contributed by atoms with Crippen molar-refractivity contribution >= 4 is 5.82 Å². The van der Waals surface area contributed by atoms with Crippen molar-refractivity contribution in [1.29, 1.82) is 0 Å². The number of H-pyrrole nitrogens is 1. The van der Waals surface area contributed by atoms with Crippen molar-refractivity contribution in [2.45, 2.75) is 6.10 Å². The van der Waals surface area contributed by atoms with Crippen LogP contribution in [0.4, 0.5) is 5.82 Å². The lowest BCUT2D eigenvalue weighted by molar-refractivity contribution is 0.215. The molecule has 1 aromatic carbocycles. The van der Waals surface area contributed by atoms with Gasteiger partial charge in [-0.25, -0.2) is 0 Å². The smallest absolute Gasteiger partial charge is 0.125 e. The minimum atomic E-state index is -0.922. The summed E-state index contributed by atoms with van der Waals surface area (Å²) < 4.78 is 10.3. The van der Waals surface area contributed by atoms with Crippen molar-refractivity contribution in [2.75, 3.05) is 20.0 Å². The van der Waals surface area contributed by atoms with Gasteiger partial charge in [-0.3, -0.25) is 5.10 Å². The Hall–Kier alpha value is -2.21. The first-order valence-corrected chi connectivity index (χ1v) is 5.36. The van der Waals surface area contributed by atoms with Crippen molar-refractivity contribution in [3.63, 3.8) is 0 Å². The molecule has 6 heteroatoms. The lowest BCUT2D eigenvalue weighted by Crippen LogP contribution is -2.04. The molecule has 0 spiro atoms. The van der Waals surface area contributed by atoms with Gasteiger partial charge < -0.3 is 20.3 Å². The van der Waals surface area contributed by atoms with E-state index in [1.807, 2.05) is 0 Å². The fourth-order valence-corrected chi connectivity index (χ4v) is 1.74. The van der Waals surface area contributed by atoms with Gasteiger partial charge >= 0.3 is 0 Å². The number of nitrogens with two attached hydrogens (primary N) is 1. The number of ether oxygens (including phenoxy) is 2. The van der Waals surface area contributed by atoms with Crippen molar-refractivity contribution in [2.24, 2.45) is 0 Å². The molecule has 0 amide bonds. The van der Waals surface area contributed by atoms with Gasteiger partial charge in [0.15, 0.2) is 0 Å². The fourth-order valence-electron chi connectivity index (χ4n) is 1.74. The van der Waals surface area contributed by atoms with E-state index in [9.17, 15) is 5.11 Å². The van der Waals surface area contributed by atoms with Crippen LogP contribution >= 0.6 is 0 Å². The predicted molar refractivity (Wildman–Crippen MR) is 66.6 cm³/mol. The molecule has 0 aliphatic carbocycles. The van der Waals surface area contributed by atoms with Gasteiger partial charge in [-0.1, -0.05) is 0 Å². The van der Waals surface area contributed by atoms with Gasteiger partial charge in [0.1, 0.15) is 23.4 Å². The zero-order chi connectivity index (χ0) is 13.1. The molecule has 2 aromatic rings. The molecule has 1 atom stereocenters. The molecule has 0 aliphatic rings. The Morgan fingerprint density at radius 1 is 1.28 bits per heavy atom. The van der Waals surface area contributed by atoms with Gasteiger partial charge in [0, 0.05) is 11.1 Å². The molecule has 0 radical (unpaired) electrons. The lowest BCUT2D eigenvalue weighted by Gasteiger charge is -2.15. The molecule has 1 aromatic heterocycles. The van der Waals surface area contributed by atoms with Crippen molar-refractivity contribution in [1.82, 2.24) is 10.2 Å². The number of aromatic nitrogens is 2. The number of rotatable bonds is 4. The minimum absolute atomic E-state index is 0.326. The van der Waals surface area contributed by atoms with Crippen LogP contribution < -0.4 is 15.2 Å². The summed E-state index contributed by atoms with van der Waals surface area (Å²) in [4.78, 5) is 0. The fraction of sp³-hybridized carbons (Fsp3) is 0.250. The average Bonchev–Trinajstić information content (AvgIpc) is 2.83. The first-order valence-electron chi connectivity index (χ1n) is 5.36. The van der Waals surface area contributed by atoms with E-state index in [1.54, 1.807) is 25.3 Å². The maximum absolute atomic E-state index is 10.3. The van der Waals surface area contributed by atoms with Gasteiger partial charge in [-0.2, -0.15) is 5.10 Å². The zero-order valence-electron chi connectivity index (χ0n) is 10.2. The Morgan fingerprint density at radius 2 is 2.06 bits per heavy atom. The highest BCUT2D eigenvalue weighted by molar-refractivity contribution is 5.49. The molecule has 2 rings (SSSR count). The number of nitrogens with one attached hydrogen (secondary N) is 1. The number of nitrogens with zero attached hydrogens (tertiary/aromatic N) is 1. The monoisotopic (exact) mass is 249 g/mol. The number of benzene rings is 1.